The number of methoxy groups -OCH3 is 1. The average molecular weight is 396 g/mol. The third-order valence-electron chi connectivity index (χ3n) is 4.78. The van der Waals surface area contributed by atoms with Gasteiger partial charge < -0.3 is 19.7 Å². The summed E-state index contributed by atoms with van der Waals surface area (Å²) in [7, 11) is 1.63. The normalized spacial score (nSPS) is 15.5. The fraction of sp³-hybridized carbons (Fsp3) is 0.391. The standard InChI is InChI=1S/C23H28N2O4/c1-16(2)29-18-11-9-17(10-12-18)15-25-21(22(26)24-13-6-14-28-3)19-7-4-5-8-20(19)23(25)27/h4-5,7-12,16,21H,6,13-15H2,1-3H3,(H,24,26). The van der Waals surface area contributed by atoms with E-state index < -0.39 is 6.04 Å². The van der Waals surface area contributed by atoms with Gasteiger partial charge in [0.1, 0.15) is 11.8 Å². The van der Waals surface area contributed by atoms with Crippen LogP contribution < -0.4 is 10.1 Å². The van der Waals surface area contributed by atoms with Crippen molar-refractivity contribution in [3.05, 3.63) is 65.2 Å². The first-order valence-corrected chi connectivity index (χ1v) is 9.93. The molecule has 1 aliphatic rings. The molecular formula is C23H28N2O4. The van der Waals surface area contributed by atoms with Crippen LogP contribution in [-0.4, -0.2) is 43.1 Å². The zero-order valence-corrected chi connectivity index (χ0v) is 17.2. The summed E-state index contributed by atoms with van der Waals surface area (Å²) >= 11 is 0. The summed E-state index contributed by atoms with van der Waals surface area (Å²) in [6, 6.07) is 14.3. The van der Waals surface area contributed by atoms with E-state index in [2.05, 4.69) is 5.32 Å². The van der Waals surface area contributed by atoms with Gasteiger partial charge in [0.2, 0.25) is 5.91 Å². The largest absolute Gasteiger partial charge is 0.491 e. The molecule has 0 saturated carbocycles. The molecule has 1 unspecified atom stereocenters. The minimum Gasteiger partial charge on any atom is -0.491 e. The molecule has 0 saturated heterocycles. The number of carbonyl (C=O) groups excluding carboxylic acids is 2. The summed E-state index contributed by atoms with van der Waals surface area (Å²) < 4.78 is 10.7. The highest BCUT2D eigenvalue weighted by molar-refractivity contribution is 6.04. The van der Waals surface area contributed by atoms with Crippen molar-refractivity contribution in [3.8, 4) is 5.75 Å². The Labute approximate surface area is 171 Å². The number of amides is 2. The van der Waals surface area contributed by atoms with Crippen LogP contribution in [0.15, 0.2) is 48.5 Å². The van der Waals surface area contributed by atoms with E-state index in [1.165, 1.54) is 0 Å². The predicted octanol–water partition coefficient (Wildman–Crippen LogP) is 3.32. The Balaban J connectivity index is 1.78. The molecule has 3 rings (SSSR count). The minimum absolute atomic E-state index is 0.0988. The van der Waals surface area contributed by atoms with Gasteiger partial charge >= 0.3 is 0 Å². The van der Waals surface area contributed by atoms with Gasteiger partial charge in [0, 0.05) is 32.4 Å². The van der Waals surface area contributed by atoms with Crippen molar-refractivity contribution < 1.29 is 19.1 Å². The first-order chi connectivity index (χ1) is 14.0. The number of rotatable bonds is 9. The number of nitrogens with one attached hydrogen (secondary N) is 1. The highest BCUT2D eigenvalue weighted by Gasteiger charge is 2.40. The van der Waals surface area contributed by atoms with Gasteiger partial charge in [-0.2, -0.15) is 0 Å². The molecule has 6 nitrogen and oxygen atoms in total. The van der Waals surface area contributed by atoms with Gasteiger partial charge in [0.25, 0.3) is 5.91 Å². The zero-order chi connectivity index (χ0) is 20.8. The van der Waals surface area contributed by atoms with Crippen LogP contribution in [0.4, 0.5) is 0 Å². The number of hydrogen-bond acceptors (Lipinski definition) is 4. The van der Waals surface area contributed by atoms with E-state index in [0.29, 0.717) is 25.3 Å². The van der Waals surface area contributed by atoms with Crippen LogP contribution in [0, 0.1) is 0 Å². The molecule has 2 amide bonds. The first-order valence-electron chi connectivity index (χ1n) is 9.93. The number of ether oxygens (including phenoxy) is 2. The Kier molecular flexibility index (Phi) is 6.88. The van der Waals surface area contributed by atoms with Gasteiger partial charge in [-0.05, 0) is 49.6 Å². The van der Waals surface area contributed by atoms with Crippen molar-refractivity contribution in [1.29, 1.82) is 0 Å². The molecule has 1 heterocycles. The summed E-state index contributed by atoms with van der Waals surface area (Å²) in [5.74, 6) is 0.492. The molecule has 0 aromatic heterocycles. The average Bonchev–Trinajstić information content (AvgIpc) is 2.98. The second kappa shape index (κ2) is 9.56. The van der Waals surface area contributed by atoms with Gasteiger partial charge in [-0.3, -0.25) is 9.59 Å². The molecule has 0 aliphatic carbocycles. The molecule has 154 valence electrons. The fourth-order valence-electron chi connectivity index (χ4n) is 3.48. The van der Waals surface area contributed by atoms with Crippen molar-refractivity contribution in [3.63, 3.8) is 0 Å². The SMILES string of the molecule is COCCCNC(=O)C1c2ccccc2C(=O)N1Cc1ccc(OC(C)C)cc1. The Morgan fingerprint density at radius 1 is 1.14 bits per heavy atom. The van der Waals surface area contributed by atoms with Gasteiger partial charge in [-0.1, -0.05) is 30.3 Å². The van der Waals surface area contributed by atoms with Crippen LogP contribution in [0.2, 0.25) is 0 Å². The molecule has 0 bridgehead atoms. The van der Waals surface area contributed by atoms with Gasteiger partial charge in [0.15, 0.2) is 0 Å². The summed E-state index contributed by atoms with van der Waals surface area (Å²) in [6.45, 7) is 5.39. The van der Waals surface area contributed by atoms with E-state index >= 15 is 0 Å². The van der Waals surface area contributed by atoms with Crippen LogP contribution in [0.5, 0.6) is 5.75 Å². The molecule has 0 fully saturated rings. The maximum atomic E-state index is 13.0. The van der Waals surface area contributed by atoms with Crippen LogP contribution in [0.1, 0.15) is 47.8 Å². The lowest BCUT2D eigenvalue weighted by atomic mass is 10.0. The number of nitrogens with zero attached hydrogens (tertiary/aromatic N) is 1. The highest BCUT2D eigenvalue weighted by atomic mass is 16.5. The topological polar surface area (TPSA) is 67.9 Å². The molecular weight excluding hydrogens is 368 g/mol. The lowest BCUT2D eigenvalue weighted by molar-refractivity contribution is -0.125. The van der Waals surface area contributed by atoms with Crippen molar-refractivity contribution in [2.45, 2.75) is 39.0 Å². The lowest BCUT2D eigenvalue weighted by Gasteiger charge is -2.25. The summed E-state index contributed by atoms with van der Waals surface area (Å²) in [5.41, 5.74) is 2.28. The van der Waals surface area contributed by atoms with Gasteiger partial charge in [-0.15, -0.1) is 0 Å². The van der Waals surface area contributed by atoms with E-state index in [4.69, 9.17) is 9.47 Å². The molecule has 1 atom stereocenters. The Morgan fingerprint density at radius 3 is 2.55 bits per heavy atom. The quantitative estimate of drug-likeness (QED) is 0.660. The Hall–Kier alpha value is -2.86. The Morgan fingerprint density at radius 2 is 1.86 bits per heavy atom. The van der Waals surface area contributed by atoms with Crippen LogP contribution in [0.3, 0.4) is 0 Å². The van der Waals surface area contributed by atoms with Crippen molar-refractivity contribution in [2.75, 3.05) is 20.3 Å². The summed E-state index contributed by atoms with van der Waals surface area (Å²) in [4.78, 5) is 27.6. The van der Waals surface area contributed by atoms with Gasteiger partial charge in [-0.25, -0.2) is 0 Å². The lowest BCUT2D eigenvalue weighted by Crippen LogP contribution is -2.39. The smallest absolute Gasteiger partial charge is 0.255 e. The van der Waals surface area contributed by atoms with E-state index in [-0.39, 0.29) is 17.9 Å². The van der Waals surface area contributed by atoms with Crippen LogP contribution in [0.25, 0.3) is 0 Å². The zero-order valence-electron chi connectivity index (χ0n) is 17.2. The van der Waals surface area contributed by atoms with Crippen molar-refractivity contribution in [2.24, 2.45) is 0 Å². The maximum absolute atomic E-state index is 13.0. The number of hydrogen-bond donors (Lipinski definition) is 1. The minimum atomic E-state index is -0.632. The second-order valence-corrected chi connectivity index (χ2v) is 7.37. The number of benzene rings is 2. The molecule has 0 radical (unpaired) electrons. The molecule has 2 aromatic rings. The van der Waals surface area contributed by atoms with E-state index in [0.717, 1.165) is 23.3 Å². The third kappa shape index (κ3) is 4.95. The maximum Gasteiger partial charge on any atom is 0.255 e. The summed E-state index contributed by atoms with van der Waals surface area (Å²) in [6.07, 6.45) is 0.823. The van der Waals surface area contributed by atoms with Crippen molar-refractivity contribution >= 4 is 11.8 Å². The monoisotopic (exact) mass is 396 g/mol. The highest BCUT2D eigenvalue weighted by Crippen LogP contribution is 2.35. The fourth-order valence-corrected chi connectivity index (χ4v) is 3.48. The first kappa shape index (κ1) is 20.9. The summed E-state index contributed by atoms with van der Waals surface area (Å²) in [5, 5.41) is 2.93. The van der Waals surface area contributed by atoms with Crippen LogP contribution >= 0.6 is 0 Å². The third-order valence-corrected chi connectivity index (χ3v) is 4.78. The predicted molar refractivity (Wildman–Crippen MR) is 111 cm³/mol. The number of carbonyl (C=O) groups is 2. The molecule has 1 N–H and O–H groups in total. The Bertz CT molecular complexity index is 848. The molecule has 29 heavy (non-hydrogen) atoms. The molecule has 1 aliphatic heterocycles. The molecule has 6 heteroatoms. The van der Waals surface area contributed by atoms with E-state index in [9.17, 15) is 9.59 Å². The molecule has 0 spiro atoms. The molecule has 2 aromatic carbocycles. The van der Waals surface area contributed by atoms with Crippen molar-refractivity contribution in [1.82, 2.24) is 10.2 Å². The number of fused-ring (bicyclic) bond motifs is 1. The van der Waals surface area contributed by atoms with Crippen LogP contribution in [-0.2, 0) is 16.1 Å². The van der Waals surface area contributed by atoms with E-state index in [1.807, 2.05) is 56.3 Å². The van der Waals surface area contributed by atoms with Gasteiger partial charge in [0.05, 0.1) is 6.10 Å². The second-order valence-electron chi connectivity index (χ2n) is 7.37. The van der Waals surface area contributed by atoms with E-state index in [1.54, 1.807) is 18.1 Å².